The van der Waals surface area contributed by atoms with Crippen LogP contribution < -0.4 is 10.2 Å². The molecule has 7 nitrogen and oxygen atoms in total. The Morgan fingerprint density at radius 1 is 1.28 bits per heavy atom. The number of esters is 1. The standard InChI is InChI=1S/C18H22N4O3/c1-2-25-18(23)15-3-4-16(21-13-15)20-12-14-5-6-19-17(11-14)22-7-9-24-10-8-22/h3-6,11,13H,2,7-10,12H2,1H3,(H,20,21). The summed E-state index contributed by atoms with van der Waals surface area (Å²) in [5, 5.41) is 3.26. The Morgan fingerprint density at radius 2 is 2.12 bits per heavy atom. The maximum absolute atomic E-state index is 11.6. The molecule has 2 aromatic rings. The van der Waals surface area contributed by atoms with Crippen LogP contribution in [0.1, 0.15) is 22.8 Å². The summed E-state index contributed by atoms with van der Waals surface area (Å²) >= 11 is 0. The zero-order chi connectivity index (χ0) is 17.5. The maximum atomic E-state index is 11.6. The van der Waals surface area contributed by atoms with Crippen LogP contribution in [0, 0.1) is 0 Å². The second kappa shape index (κ2) is 8.43. The summed E-state index contributed by atoms with van der Waals surface area (Å²) in [5.74, 6) is 1.32. The highest BCUT2D eigenvalue weighted by atomic mass is 16.5. The van der Waals surface area contributed by atoms with Crippen LogP contribution >= 0.6 is 0 Å². The van der Waals surface area contributed by atoms with Gasteiger partial charge in [-0.05, 0) is 36.8 Å². The van der Waals surface area contributed by atoms with Crippen LogP contribution in [0.25, 0.3) is 0 Å². The first-order chi connectivity index (χ1) is 12.3. The highest BCUT2D eigenvalue weighted by Crippen LogP contribution is 2.15. The molecule has 3 heterocycles. The van der Waals surface area contributed by atoms with Gasteiger partial charge < -0.3 is 19.7 Å². The number of nitrogens with one attached hydrogen (secondary N) is 1. The summed E-state index contributed by atoms with van der Waals surface area (Å²) in [4.78, 5) is 22.5. The summed E-state index contributed by atoms with van der Waals surface area (Å²) < 4.78 is 10.3. The number of aromatic nitrogens is 2. The molecule has 1 aliphatic heterocycles. The van der Waals surface area contributed by atoms with E-state index in [9.17, 15) is 4.79 Å². The van der Waals surface area contributed by atoms with Gasteiger partial charge in [0, 0.05) is 32.0 Å². The van der Waals surface area contributed by atoms with E-state index >= 15 is 0 Å². The largest absolute Gasteiger partial charge is 0.462 e. The molecule has 132 valence electrons. The molecule has 0 aromatic carbocycles. The van der Waals surface area contributed by atoms with Gasteiger partial charge in [0.15, 0.2) is 0 Å². The second-order valence-corrected chi connectivity index (χ2v) is 5.63. The van der Waals surface area contributed by atoms with E-state index in [1.54, 1.807) is 19.1 Å². The summed E-state index contributed by atoms with van der Waals surface area (Å²) in [6.07, 6.45) is 3.34. The van der Waals surface area contributed by atoms with E-state index in [-0.39, 0.29) is 5.97 Å². The van der Waals surface area contributed by atoms with Crippen LogP contribution in [0.3, 0.4) is 0 Å². The zero-order valence-electron chi connectivity index (χ0n) is 14.3. The van der Waals surface area contributed by atoms with E-state index in [1.807, 2.05) is 12.3 Å². The fourth-order valence-electron chi connectivity index (χ4n) is 2.56. The smallest absolute Gasteiger partial charge is 0.339 e. The van der Waals surface area contributed by atoms with Gasteiger partial charge in [-0.3, -0.25) is 0 Å². The first-order valence-corrected chi connectivity index (χ1v) is 8.41. The third-order valence-electron chi connectivity index (χ3n) is 3.89. The van der Waals surface area contributed by atoms with E-state index in [2.05, 4.69) is 26.3 Å². The lowest BCUT2D eigenvalue weighted by Crippen LogP contribution is -2.36. The van der Waals surface area contributed by atoms with Crippen molar-refractivity contribution in [3.8, 4) is 0 Å². The van der Waals surface area contributed by atoms with Crippen LogP contribution in [0.5, 0.6) is 0 Å². The highest BCUT2D eigenvalue weighted by molar-refractivity contribution is 5.89. The van der Waals surface area contributed by atoms with E-state index in [0.29, 0.717) is 24.5 Å². The number of nitrogens with zero attached hydrogens (tertiary/aromatic N) is 3. The number of rotatable bonds is 6. The number of ether oxygens (including phenoxy) is 2. The van der Waals surface area contributed by atoms with E-state index in [4.69, 9.17) is 9.47 Å². The molecule has 3 rings (SSSR count). The van der Waals surface area contributed by atoms with Crippen molar-refractivity contribution in [1.29, 1.82) is 0 Å². The number of pyridine rings is 2. The summed E-state index contributed by atoms with van der Waals surface area (Å²) in [6.45, 7) is 5.96. The lowest BCUT2D eigenvalue weighted by Gasteiger charge is -2.28. The van der Waals surface area contributed by atoms with Crippen molar-refractivity contribution in [2.24, 2.45) is 0 Å². The molecule has 0 saturated carbocycles. The van der Waals surface area contributed by atoms with Crippen molar-refractivity contribution in [2.75, 3.05) is 43.1 Å². The van der Waals surface area contributed by atoms with Gasteiger partial charge in [0.2, 0.25) is 0 Å². The van der Waals surface area contributed by atoms with Crippen LogP contribution in [-0.4, -0.2) is 48.8 Å². The Balaban J connectivity index is 1.58. The van der Waals surface area contributed by atoms with Gasteiger partial charge in [0.25, 0.3) is 0 Å². The number of hydrogen-bond donors (Lipinski definition) is 1. The molecule has 0 unspecified atom stereocenters. The number of morpholine rings is 1. The Labute approximate surface area is 147 Å². The molecule has 1 aliphatic rings. The van der Waals surface area contributed by atoms with E-state index in [0.717, 1.165) is 37.7 Å². The quantitative estimate of drug-likeness (QED) is 0.806. The predicted molar refractivity (Wildman–Crippen MR) is 94.8 cm³/mol. The van der Waals surface area contributed by atoms with Crippen molar-refractivity contribution in [1.82, 2.24) is 9.97 Å². The van der Waals surface area contributed by atoms with Crippen LogP contribution in [0.2, 0.25) is 0 Å². The van der Waals surface area contributed by atoms with Gasteiger partial charge in [-0.15, -0.1) is 0 Å². The molecule has 1 saturated heterocycles. The van der Waals surface area contributed by atoms with Gasteiger partial charge in [-0.1, -0.05) is 0 Å². The molecule has 0 radical (unpaired) electrons. The molecule has 1 N–H and O–H groups in total. The molecular weight excluding hydrogens is 320 g/mol. The molecule has 0 amide bonds. The lowest BCUT2D eigenvalue weighted by atomic mass is 10.2. The SMILES string of the molecule is CCOC(=O)c1ccc(NCc2ccnc(N3CCOCC3)c2)nc1. The van der Waals surface area contributed by atoms with Gasteiger partial charge in [-0.2, -0.15) is 0 Å². The topological polar surface area (TPSA) is 76.6 Å². The third-order valence-corrected chi connectivity index (χ3v) is 3.89. The average molecular weight is 342 g/mol. The molecule has 0 atom stereocenters. The molecule has 25 heavy (non-hydrogen) atoms. The van der Waals surface area contributed by atoms with E-state index < -0.39 is 0 Å². The fourth-order valence-corrected chi connectivity index (χ4v) is 2.56. The predicted octanol–water partition coefficient (Wildman–Crippen LogP) is 2.10. The first kappa shape index (κ1) is 17.2. The lowest BCUT2D eigenvalue weighted by molar-refractivity contribution is 0.0526. The molecule has 0 spiro atoms. The Kier molecular flexibility index (Phi) is 5.79. The minimum atomic E-state index is -0.356. The highest BCUT2D eigenvalue weighted by Gasteiger charge is 2.12. The van der Waals surface area contributed by atoms with Crippen molar-refractivity contribution < 1.29 is 14.3 Å². The summed E-state index contributed by atoms with van der Waals surface area (Å²) in [5.41, 5.74) is 1.57. The fraction of sp³-hybridized carbons (Fsp3) is 0.389. The molecular formula is C18H22N4O3. The van der Waals surface area contributed by atoms with Crippen LogP contribution in [-0.2, 0) is 16.0 Å². The van der Waals surface area contributed by atoms with Gasteiger partial charge in [0.1, 0.15) is 11.6 Å². The first-order valence-electron chi connectivity index (χ1n) is 8.41. The summed E-state index contributed by atoms with van der Waals surface area (Å²) in [7, 11) is 0. The van der Waals surface area contributed by atoms with Gasteiger partial charge >= 0.3 is 5.97 Å². The normalized spacial score (nSPS) is 14.2. The van der Waals surface area contributed by atoms with Crippen LogP contribution in [0.15, 0.2) is 36.7 Å². The zero-order valence-corrected chi connectivity index (χ0v) is 14.3. The number of hydrogen-bond acceptors (Lipinski definition) is 7. The monoisotopic (exact) mass is 342 g/mol. The minimum absolute atomic E-state index is 0.354. The van der Waals surface area contributed by atoms with Crippen molar-refractivity contribution >= 4 is 17.6 Å². The molecule has 7 heteroatoms. The van der Waals surface area contributed by atoms with E-state index in [1.165, 1.54) is 6.20 Å². The Bertz CT molecular complexity index is 700. The molecule has 2 aromatic heterocycles. The van der Waals surface area contributed by atoms with Crippen LogP contribution in [0.4, 0.5) is 11.6 Å². The van der Waals surface area contributed by atoms with Gasteiger partial charge in [0.05, 0.1) is 25.4 Å². The molecule has 0 aliphatic carbocycles. The van der Waals surface area contributed by atoms with Crippen molar-refractivity contribution in [3.63, 3.8) is 0 Å². The number of carbonyl (C=O) groups excluding carboxylic acids is 1. The number of anilines is 2. The Morgan fingerprint density at radius 3 is 2.84 bits per heavy atom. The molecule has 0 bridgehead atoms. The van der Waals surface area contributed by atoms with Crippen molar-refractivity contribution in [2.45, 2.75) is 13.5 Å². The average Bonchev–Trinajstić information content (AvgIpc) is 2.68. The molecule has 1 fully saturated rings. The second-order valence-electron chi connectivity index (χ2n) is 5.63. The third kappa shape index (κ3) is 4.67. The summed E-state index contributed by atoms with van der Waals surface area (Å²) in [6, 6.07) is 7.53. The maximum Gasteiger partial charge on any atom is 0.339 e. The number of carbonyl (C=O) groups is 1. The minimum Gasteiger partial charge on any atom is -0.462 e. The van der Waals surface area contributed by atoms with Crippen molar-refractivity contribution in [3.05, 3.63) is 47.8 Å². The van der Waals surface area contributed by atoms with Gasteiger partial charge in [-0.25, -0.2) is 14.8 Å². The Hall–Kier alpha value is -2.67.